The zero-order valence-corrected chi connectivity index (χ0v) is 12.7. The van der Waals surface area contributed by atoms with Gasteiger partial charge in [0.05, 0.1) is 10.6 Å². The number of thiophene rings is 1. The van der Waals surface area contributed by atoms with Gasteiger partial charge < -0.3 is 10.4 Å². The second-order valence-electron chi connectivity index (χ2n) is 4.27. The first-order valence-electron chi connectivity index (χ1n) is 5.99. The number of carbonyl (C=O) groups is 2. The fourth-order valence-electron chi connectivity index (χ4n) is 1.64. The number of carboxylic acid groups (broad SMARTS) is 1. The Bertz CT molecular complexity index is 646. The molecule has 0 radical (unpaired) electrons. The Morgan fingerprint density at radius 2 is 2.05 bits per heavy atom. The SMILES string of the molecule is Cc1scc(C(=O)NCCc2nc(C(=O)O)cs2)c1C. The molecule has 0 bridgehead atoms. The van der Waals surface area contributed by atoms with Crippen LogP contribution >= 0.6 is 22.7 Å². The standard InChI is InChI=1S/C13H14N2O3S2/c1-7-8(2)19-5-9(7)12(16)14-4-3-11-15-10(6-20-11)13(17)18/h5-6H,3-4H2,1-2H3,(H,14,16)(H,17,18). The average molecular weight is 310 g/mol. The van der Waals surface area contributed by atoms with E-state index in [2.05, 4.69) is 10.3 Å². The first-order chi connectivity index (χ1) is 9.49. The van der Waals surface area contributed by atoms with Gasteiger partial charge in [-0.25, -0.2) is 9.78 Å². The third kappa shape index (κ3) is 3.23. The molecule has 0 atom stereocenters. The van der Waals surface area contributed by atoms with Crippen LogP contribution in [0.4, 0.5) is 0 Å². The van der Waals surface area contributed by atoms with E-state index in [0.717, 1.165) is 10.4 Å². The van der Waals surface area contributed by atoms with Crippen LogP contribution in [0, 0.1) is 13.8 Å². The molecule has 5 nitrogen and oxygen atoms in total. The van der Waals surface area contributed by atoms with Crippen molar-refractivity contribution in [2.24, 2.45) is 0 Å². The number of aryl methyl sites for hydroxylation is 1. The van der Waals surface area contributed by atoms with Gasteiger partial charge in [-0.15, -0.1) is 22.7 Å². The lowest BCUT2D eigenvalue weighted by Gasteiger charge is -2.03. The smallest absolute Gasteiger partial charge is 0.355 e. The lowest BCUT2D eigenvalue weighted by Crippen LogP contribution is -2.25. The van der Waals surface area contributed by atoms with E-state index in [-0.39, 0.29) is 11.6 Å². The molecule has 0 fully saturated rings. The van der Waals surface area contributed by atoms with Crippen molar-refractivity contribution >= 4 is 34.6 Å². The van der Waals surface area contributed by atoms with Crippen molar-refractivity contribution in [3.8, 4) is 0 Å². The molecule has 0 aliphatic carbocycles. The number of rotatable bonds is 5. The summed E-state index contributed by atoms with van der Waals surface area (Å²) in [6, 6.07) is 0. The van der Waals surface area contributed by atoms with Gasteiger partial charge in [-0.2, -0.15) is 0 Å². The van der Waals surface area contributed by atoms with E-state index in [4.69, 9.17) is 5.11 Å². The van der Waals surface area contributed by atoms with E-state index in [1.807, 2.05) is 19.2 Å². The van der Waals surface area contributed by atoms with Crippen LogP contribution in [0.15, 0.2) is 10.8 Å². The van der Waals surface area contributed by atoms with Crippen LogP contribution in [0.1, 0.15) is 36.3 Å². The van der Waals surface area contributed by atoms with Crippen molar-refractivity contribution in [1.29, 1.82) is 0 Å². The molecule has 2 N–H and O–H groups in total. The first kappa shape index (κ1) is 14.7. The van der Waals surface area contributed by atoms with Crippen LogP contribution in [0.3, 0.4) is 0 Å². The summed E-state index contributed by atoms with van der Waals surface area (Å²) < 4.78 is 0. The topological polar surface area (TPSA) is 79.3 Å². The zero-order chi connectivity index (χ0) is 14.7. The summed E-state index contributed by atoms with van der Waals surface area (Å²) in [6.07, 6.45) is 0.534. The minimum Gasteiger partial charge on any atom is -0.476 e. The van der Waals surface area contributed by atoms with E-state index in [1.54, 1.807) is 11.3 Å². The summed E-state index contributed by atoms with van der Waals surface area (Å²) in [7, 11) is 0. The fourth-order valence-corrected chi connectivity index (χ4v) is 3.28. The van der Waals surface area contributed by atoms with Crippen molar-refractivity contribution in [3.05, 3.63) is 37.5 Å². The van der Waals surface area contributed by atoms with Crippen LogP contribution < -0.4 is 5.32 Å². The van der Waals surface area contributed by atoms with Gasteiger partial charge in [-0.3, -0.25) is 4.79 Å². The van der Waals surface area contributed by atoms with Gasteiger partial charge in [-0.05, 0) is 19.4 Å². The minimum absolute atomic E-state index is 0.0561. The molecule has 0 unspecified atom stereocenters. The van der Waals surface area contributed by atoms with E-state index in [9.17, 15) is 9.59 Å². The van der Waals surface area contributed by atoms with E-state index in [1.165, 1.54) is 16.7 Å². The zero-order valence-electron chi connectivity index (χ0n) is 11.1. The molecular weight excluding hydrogens is 296 g/mol. The lowest BCUT2D eigenvalue weighted by atomic mass is 10.1. The Kier molecular flexibility index (Phi) is 4.51. The van der Waals surface area contributed by atoms with Crippen LogP contribution in [0.5, 0.6) is 0 Å². The van der Waals surface area contributed by atoms with Crippen molar-refractivity contribution < 1.29 is 14.7 Å². The van der Waals surface area contributed by atoms with Crippen LogP contribution in [-0.4, -0.2) is 28.5 Å². The van der Waals surface area contributed by atoms with Gasteiger partial charge in [0.25, 0.3) is 5.91 Å². The number of carboxylic acids is 1. The Morgan fingerprint density at radius 3 is 2.60 bits per heavy atom. The predicted octanol–water partition coefficient (Wildman–Crippen LogP) is 2.49. The van der Waals surface area contributed by atoms with Crippen LogP contribution in [0.2, 0.25) is 0 Å². The van der Waals surface area contributed by atoms with Crippen molar-refractivity contribution in [1.82, 2.24) is 10.3 Å². The number of aromatic nitrogens is 1. The highest BCUT2D eigenvalue weighted by molar-refractivity contribution is 7.10. The van der Waals surface area contributed by atoms with Gasteiger partial charge in [0.15, 0.2) is 5.69 Å². The number of carbonyl (C=O) groups excluding carboxylic acids is 1. The summed E-state index contributed by atoms with van der Waals surface area (Å²) in [5, 5.41) is 15.7. The van der Waals surface area contributed by atoms with E-state index >= 15 is 0 Å². The maximum Gasteiger partial charge on any atom is 0.355 e. The monoisotopic (exact) mass is 310 g/mol. The predicted molar refractivity (Wildman–Crippen MR) is 78.9 cm³/mol. The molecule has 2 aromatic rings. The van der Waals surface area contributed by atoms with Gasteiger partial charge in [-0.1, -0.05) is 0 Å². The number of aromatic carboxylic acids is 1. The summed E-state index contributed by atoms with van der Waals surface area (Å²) in [6.45, 7) is 4.36. The molecule has 7 heteroatoms. The third-order valence-corrected chi connectivity index (χ3v) is 4.85. The molecule has 0 spiro atoms. The number of nitrogens with one attached hydrogen (secondary N) is 1. The number of hydrogen-bond acceptors (Lipinski definition) is 5. The molecule has 0 aliphatic heterocycles. The minimum atomic E-state index is -1.03. The molecule has 1 amide bonds. The highest BCUT2D eigenvalue weighted by atomic mass is 32.1. The Balaban J connectivity index is 1.88. The Morgan fingerprint density at radius 1 is 1.30 bits per heavy atom. The largest absolute Gasteiger partial charge is 0.476 e. The van der Waals surface area contributed by atoms with Crippen LogP contribution in [0.25, 0.3) is 0 Å². The van der Waals surface area contributed by atoms with Crippen molar-refractivity contribution in [3.63, 3.8) is 0 Å². The van der Waals surface area contributed by atoms with E-state index < -0.39 is 5.97 Å². The molecule has 2 rings (SSSR count). The normalized spacial score (nSPS) is 10.5. The van der Waals surface area contributed by atoms with Crippen molar-refractivity contribution in [2.45, 2.75) is 20.3 Å². The average Bonchev–Trinajstić information content (AvgIpc) is 2.98. The molecule has 2 aromatic heterocycles. The summed E-state index contributed by atoms with van der Waals surface area (Å²) in [5.41, 5.74) is 1.77. The number of nitrogens with zero attached hydrogens (tertiary/aromatic N) is 1. The van der Waals surface area contributed by atoms with Crippen molar-refractivity contribution in [2.75, 3.05) is 6.54 Å². The third-order valence-electron chi connectivity index (χ3n) is 2.93. The van der Waals surface area contributed by atoms with E-state index in [0.29, 0.717) is 23.5 Å². The maximum absolute atomic E-state index is 12.0. The molecule has 0 aliphatic rings. The Hall–Kier alpha value is -1.73. The van der Waals surface area contributed by atoms with Gasteiger partial charge >= 0.3 is 5.97 Å². The lowest BCUT2D eigenvalue weighted by molar-refractivity contribution is 0.0690. The quantitative estimate of drug-likeness (QED) is 0.889. The molecule has 106 valence electrons. The number of thiazole rings is 1. The highest BCUT2D eigenvalue weighted by Crippen LogP contribution is 2.20. The number of amides is 1. The van der Waals surface area contributed by atoms with Crippen LogP contribution in [-0.2, 0) is 6.42 Å². The first-order valence-corrected chi connectivity index (χ1v) is 7.75. The van der Waals surface area contributed by atoms with Gasteiger partial charge in [0.1, 0.15) is 0 Å². The maximum atomic E-state index is 12.0. The summed E-state index contributed by atoms with van der Waals surface area (Å²) in [4.78, 5) is 27.8. The molecule has 0 aromatic carbocycles. The number of hydrogen-bond donors (Lipinski definition) is 2. The fraction of sp³-hybridized carbons (Fsp3) is 0.308. The molecular formula is C13H14N2O3S2. The molecule has 0 saturated heterocycles. The van der Waals surface area contributed by atoms with Gasteiger partial charge in [0.2, 0.25) is 0 Å². The molecule has 20 heavy (non-hydrogen) atoms. The highest BCUT2D eigenvalue weighted by Gasteiger charge is 2.12. The second-order valence-corrected chi connectivity index (χ2v) is 6.29. The Labute approximate surface area is 124 Å². The molecule has 2 heterocycles. The van der Waals surface area contributed by atoms with Gasteiger partial charge in [0, 0.05) is 28.6 Å². The molecule has 0 saturated carbocycles. The second kappa shape index (κ2) is 6.15. The summed E-state index contributed by atoms with van der Waals surface area (Å²) in [5.74, 6) is -1.12. The summed E-state index contributed by atoms with van der Waals surface area (Å²) >= 11 is 2.85.